The third-order valence-corrected chi connectivity index (χ3v) is 4.65. The van der Waals surface area contributed by atoms with Crippen LogP contribution in [0.2, 0.25) is 0 Å². The number of hydrogen-bond donors (Lipinski definition) is 0. The van der Waals surface area contributed by atoms with Crippen molar-refractivity contribution in [3.05, 3.63) is 29.8 Å². The number of para-hydroxylation sites is 1. The molecule has 0 unspecified atom stereocenters. The van der Waals surface area contributed by atoms with Gasteiger partial charge in [0.25, 0.3) is 0 Å². The molecule has 0 atom stereocenters. The lowest BCUT2D eigenvalue weighted by atomic mass is 10.0. The maximum atomic E-state index is 2.48. The van der Waals surface area contributed by atoms with Crippen LogP contribution in [0.1, 0.15) is 84.1 Å². The molecule has 1 aromatic carbocycles. The zero-order valence-electron chi connectivity index (χ0n) is 15.2. The van der Waals surface area contributed by atoms with Gasteiger partial charge >= 0.3 is 0 Å². The van der Waals surface area contributed by atoms with Crippen molar-refractivity contribution < 1.29 is 0 Å². The summed E-state index contributed by atoms with van der Waals surface area (Å²) in [6.45, 7) is 8.99. The molecule has 0 spiro atoms. The summed E-state index contributed by atoms with van der Waals surface area (Å²) >= 11 is 0. The van der Waals surface area contributed by atoms with Gasteiger partial charge < -0.3 is 4.90 Å². The smallest absolute Gasteiger partial charge is 0.0398 e. The van der Waals surface area contributed by atoms with Gasteiger partial charge in [-0.3, -0.25) is 0 Å². The molecule has 0 saturated heterocycles. The van der Waals surface area contributed by atoms with E-state index in [2.05, 4.69) is 49.9 Å². The average molecular weight is 304 g/mol. The molecule has 0 aromatic heterocycles. The highest BCUT2D eigenvalue weighted by Gasteiger charge is 2.07. The van der Waals surface area contributed by atoms with Crippen molar-refractivity contribution in [3.8, 4) is 0 Å². The molecule has 0 radical (unpaired) electrons. The van der Waals surface area contributed by atoms with E-state index >= 15 is 0 Å². The minimum absolute atomic E-state index is 1.10. The lowest BCUT2D eigenvalue weighted by molar-refractivity contribution is 0.565. The Hall–Kier alpha value is -0.980. The first-order chi connectivity index (χ1) is 10.8. The molecular weight excluding hydrogens is 266 g/mol. The predicted molar refractivity (Wildman–Crippen MR) is 101 cm³/mol. The molecule has 0 aliphatic heterocycles. The number of nitrogens with zero attached hydrogens (tertiary/aromatic N) is 1. The Morgan fingerprint density at radius 1 is 0.682 bits per heavy atom. The summed E-state index contributed by atoms with van der Waals surface area (Å²) in [6, 6.07) is 8.97. The lowest BCUT2D eigenvalue weighted by Crippen LogP contribution is -2.23. The Bertz CT molecular complexity index is 368. The average Bonchev–Trinajstić information content (AvgIpc) is 2.55. The molecular formula is C21H37N. The fourth-order valence-corrected chi connectivity index (χ4v) is 3.22. The largest absolute Gasteiger partial charge is 0.372 e. The van der Waals surface area contributed by atoms with Gasteiger partial charge in [0.1, 0.15) is 0 Å². The molecule has 0 fully saturated rings. The molecule has 0 aliphatic carbocycles. The minimum Gasteiger partial charge on any atom is -0.372 e. The Labute approximate surface area is 139 Å². The number of aryl methyl sites for hydroxylation is 1. The van der Waals surface area contributed by atoms with Crippen LogP contribution in [0.3, 0.4) is 0 Å². The molecule has 0 amide bonds. The monoisotopic (exact) mass is 303 g/mol. The van der Waals surface area contributed by atoms with Crippen LogP contribution < -0.4 is 4.90 Å². The first-order valence-corrected chi connectivity index (χ1v) is 9.66. The van der Waals surface area contributed by atoms with Gasteiger partial charge in [0.2, 0.25) is 0 Å². The SMILES string of the molecule is CCCCCCCCCCCc1ccccc1N(CC)CC. The van der Waals surface area contributed by atoms with Gasteiger partial charge in [0.05, 0.1) is 0 Å². The normalized spacial score (nSPS) is 10.9. The van der Waals surface area contributed by atoms with Crippen LogP contribution in [-0.2, 0) is 6.42 Å². The molecule has 0 bridgehead atoms. The van der Waals surface area contributed by atoms with E-state index in [-0.39, 0.29) is 0 Å². The van der Waals surface area contributed by atoms with Gasteiger partial charge in [0.15, 0.2) is 0 Å². The summed E-state index contributed by atoms with van der Waals surface area (Å²) in [4.78, 5) is 2.48. The first kappa shape index (κ1) is 19.1. The summed E-state index contributed by atoms with van der Waals surface area (Å²) in [5, 5.41) is 0. The zero-order chi connectivity index (χ0) is 16.0. The van der Waals surface area contributed by atoms with Crippen molar-refractivity contribution in [3.63, 3.8) is 0 Å². The van der Waals surface area contributed by atoms with E-state index in [0.717, 1.165) is 13.1 Å². The molecule has 126 valence electrons. The van der Waals surface area contributed by atoms with Crippen LogP contribution in [0.4, 0.5) is 5.69 Å². The highest BCUT2D eigenvalue weighted by Crippen LogP contribution is 2.22. The maximum Gasteiger partial charge on any atom is 0.0398 e. The van der Waals surface area contributed by atoms with Crippen LogP contribution >= 0.6 is 0 Å². The van der Waals surface area contributed by atoms with Crippen molar-refractivity contribution in [1.29, 1.82) is 0 Å². The molecule has 1 nitrogen and oxygen atoms in total. The third kappa shape index (κ3) is 7.33. The fraction of sp³-hybridized carbons (Fsp3) is 0.714. The van der Waals surface area contributed by atoms with E-state index < -0.39 is 0 Å². The number of benzene rings is 1. The van der Waals surface area contributed by atoms with E-state index in [0.29, 0.717) is 0 Å². The molecule has 22 heavy (non-hydrogen) atoms. The van der Waals surface area contributed by atoms with E-state index in [1.165, 1.54) is 75.5 Å². The van der Waals surface area contributed by atoms with E-state index in [1.807, 2.05) is 0 Å². The third-order valence-electron chi connectivity index (χ3n) is 4.65. The summed E-state index contributed by atoms with van der Waals surface area (Å²) in [5.74, 6) is 0. The predicted octanol–water partition coefficient (Wildman–Crippen LogP) is 6.61. The van der Waals surface area contributed by atoms with Crippen molar-refractivity contribution in [2.45, 2.75) is 85.0 Å². The number of rotatable bonds is 13. The first-order valence-electron chi connectivity index (χ1n) is 9.66. The maximum absolute atomic E-state index is 2.48. The Morgan fingerprint density at radius 3 is 1.82 bits per heavy atom. The van der Waals surface area contributed by atoms with E-state index in [9.17, 15) is 0 Å². The second-order valence-electron chi connectivity index (χ2n) is 6.38. The Kier molecular flexibility index (Phi) is 10.9. The summed E-state index contributed by atoms with van der Waals surface area (Å²) in [7, 11) is 0. The van der Waals surface area contributed by atoms with Crippen LogP contribution in [0, 0.1) is 0 Å². The van der Waals surface area contributed by atoms with Gasteiger partial charge in [-0.2, -0.15) is 0 Å². The van der Waals surface area contributed by atoms with Crippen LogP contribution in [0.15, 0.2) is 24.3 Å². The standard InChI is InChI=1S/C21H37N/c1-4-7-8-9-10-11-12-13-14-17-20-18-15-16-19-21(20)22(5-2)6-3/h15-16,18-19H,4-14,17H2,1-3H3. The fourth-order valence-electron chi connectivity index (χ4n) is 3.22. The van der Waals surface area contributed by atoms with Gasteiger partial charge in [-0.25, -0.2) is 0 Å². The van der Waals surface area contributed by atoms with Crippen LogP contribution in [-0.4, -0.2) is 13.1 Å². The molecule has 0 N–H and O–H groups in total. The minimum atomic E-state index is 1.10. The van der Waals surface area contributed by atoms with Gasteiger partial charge in [-0.05, 0) is 38.3 Å². The molecule has 0 aliphatic rings. The summed E-state index contributed by atoms with van der Waals surface area (Å²) < 4.78 is 0. The van der Waals surface area contributed by atoms with Gasteiger partial charge in [-0.15, -0.1) is 0 Å². The van der Waals surface area contributed by atoms with Crippen molar-refractivity contribution >= 4 is 5.69 Å². The quantitative estimate of drug-likeness (QED) is 0.371. The van der Waals surface area contributed by atoms with Crippen LogP contribution in [0.5, 0.6) is 0 Å². The highest BCUT2D eigenvalue weighted by atomic mass is 15.1. The zero-order valence-corrected chi connectivity index (χ0v) is 15.2. The number of hydrogen-bond acceptors (Lipinski definition) is 1. The summed E-state index contributed by atoms with van der Waals surface area (Å²) in [5.41, 5.74) is 2.99. The molecule has 0 saturated carbocycles. The topological polar surface area (TPSA) is 3.24 Å². The lowest BCUT2D eigenvalue weighted by Gasteiger charge is -2.24. The van der Waals surface area contributed by atoms with Crippen LogP contribution in [0.25, 0.3) is 0 Å². The van der Waals surface area contributed by atoms with Gasteiger partial charge in [0, 0.05) is 18.8 Å². The Balaban J connectivity index is 2.22. The van der Waals surface area contributed by atoms with Crippen molar-refractivity contribution in [2.75, 3.05) is 18.0 Å². The molecule has 1 rings (SSSR count). The van der Waals surface area contributed by atoms with Gasteiger partial charge in [-0.1, -0.05) is 76.5 Å². The highest BCUT2D eigenvalue weighted by molar-refractivity contribution is 5.53. The molecule has 1 heteroatoms. The number of anilines is 1. The van der Waals surface area contributed by atoms with Crippen molar-refractivity contribution in [1.82, 2.24) is 0 Å². The second-order valence-corrected chi connectivity index (χ2v) is 6.38. The number of unbranched alkanes of at least 4 members (excludes halogenated alkanes) is 8. The Morgan fingerprint density at radius 2 is 1.23 bits per heavy atom. The molecule has 0 heterocycles. The van der Waals surface area contributed by atoms with Crippen molar-refractivity contribution in [2.24, 2.45) is 0 Å². The summed E-state index contributed by atoms with van der Waals surface area (Å²) in [6.07, 6.45) is 13.9. The molecule has 1 aromatic rings. The second kappa shape index (κ2) is 12.6. The van der Waals surface area contributed by atoms with E-state index in [1.54, 1.807) is 0 Å². The van der Waals surface area contributed by atoms with E-state index in [4.69, 9.17) is 0 Å².